The van der Waals surface area contributed by atoms with Crippen molar-refractivity contribution in [3.05, 3.63) is 28.7 Å². The van der Waals surface area contributed by atoms with Gasteiger partial charge in [-0.3, -0.25) is 9.79 Å². The van der Waals surface area contributed by atoms with Crippen molar-refractivity contribution in [2.45, 2.75) is 13.3 Å². The summed E-state index contributed by atoms with van der Waals surface area (Å²) in [4.78, 5) is 21.0. The first-order chi connectivity index (χ1) is 13.0. The van der Waals surface area contributed by atoms with Gasteiger partial charge in [-0.2, -0.15) is 0 Å². The van der Waals surface area contributed by atoms with Gasteiger partial charge in [0.1, 0.15) is 0 Å². The largest absolute Gasteiger partial charge is 0.469 e. The summed E-state index contributed by atoms with van der Waals surface area (Å²) in [6.45, 7) is 6.62. The Morgan fingerprint density at radius 1 is 1.30 bits per heavy atom. The molecule has 2 saturated heterocycles. The highest BCUT2D eigenvalue weighted by molar-refractivity contribution is 9.10. The van der Waals surface area contributed by atoms with E-state index < -0.39 is 0 Å². The van der Waals surface area contributed by atoms with Crippen molar-refractivity contribution in [1.29, 1.82) is 0 Å². The van der Waals surface area contributed by atoms with Crippen molar-refractivity contribution in [3.8, 4) is 0 Å². The third-order valence-electron chi connectivity index (χ3n) is 5.65. The molecule has 1 N–H and O–H groups in total. The molecule has 2 aliphatic rings. The monoisotopic (exact) mass is 436 g/mol. The zero-order valence-electron chi connectivity index (χ0n) is 16.3. The van der Waals surface area contributed by atoms with Crippen LogP contribution in [0.1, 0.15) is 13.3 Å². The standard InChI is InChI=1S/C20H29BrN4O2/c1-14-11-25(13-18(14)19(26)27-3)20(22-2)23-10-15-8-9-24(12-15)17-6-4-16(21)5-7-17/h4-7,14-15,18H,8-13H2,1-3H3,(H,22,23). The van der Waals surface area contributed by atoms with E-state index in [0.29, 0.717) is 12.5 Å². The van der Waals surface area contributed by atoms with Crippen molar-refractivity contribution >= 4 is 33.5 Å². The number of rotatable bonds is 4. The summed E-state index contributed by atoms with van der Waals surface area (Å²) in [6.07, 6.45) is 1.17. The van der Waals surface area contributed by atoms with Crippen LogP contribution in [-0.4, -0.2) is 63.7 Å². The summed E-state index contributed by atoms with van der Waals surface area (Å²) in [5, 5.41) is 3.52. The number of guanidine groups is 1. The van der Waals surface area contributed by atoms with Gasteiger partial charge in [-0.1, -0.05) is 22.9 Å². The number of nitrogens with one attached hydrogen (secondary N) is 1. The van der Waals surface area contributed by atoms with Gasteiger partial charge in [-0.25, -0.2) is 0 Å². The second kappa shape index (κ2) is 8.95. The van der Waals surface area contributed by atoms with Crippen LogP contribution in [0.3, 0.4) is 0 Å². The van der Waals surface area contributed by atoms with Gasteiger partial charge in [-0.15, -0.1) is 0 Å². The van der Waals surface area contributed by atoms with Crippen molar-refractivity contribution in [1.82, 2.24) is 10.2 Å². The molecule has 0 radical (unpaired) electrons. The van der Waals surface area contributed by atoms with Gasteiger partial charge in [0.05, 0.1) is 13.0 Å². The van der Waals surface area contributed by atoms with Crippen molar-refractivity contribution in [2.24, 2.45) is 22.7 Å². The Kier molecular flexibility index (Phi) is 6.63. The molecule has 2 aliphatic heterocycles. The zero-order chi connectivity index (χ0) is 19.4. The minimum absolute atomic E-state index is 0.0760. The highest BCUT2D eigenvalue weighted by Crippen LogP contribution is 2.26. The molecule has 0 aromatic heterocycles. The van der Waals surface area contributed by atoms with Crippen LogP contribution in [0.5, 0.6) is 0 Å². The topological polar surface area (TPSA) is 57.2 Å². The maximum atomic E-state index is 11.9. The minimum Gasteiger partial charge on any atom is -0.469 e. The van der Waals surface area contributed by atoms with Crippen LogP contribution in [0.15, 0.2) is 33.7 Å². The second-order valence-corrected chi connectivity index (χ2v) is 8.43. The molecule has 0 aliphatic carbocycles. The molecule has 3 unspecified atom stereocenters. The van der Waals surface area contributed by atoms with Crippen LogP contribution in [0.2, 0.25) is 0 Å². The van der Waals surface area contributed by atoms with E-state index in [1.54, 1.807) is 7.05 Å². The predicted molar refractivity (Wildman–Crippen MR) is 112 cm³/mol. The van der Waals surface area contributed by atoms with Gasteiger partial charge in [0.15, 0.2) is 5.96 Å². The van der Waals surface area contributed by atoms with E-state index in [4.69, 9.17) is 4.74 Å². The number of anilines is 1. The lowest BCUT2D eigenvalue weighted by molar-refractivity contribution is -0.145. The molecule has 148 valence electrons. The number of carbonyl (C=O) groups excluding carboxylic acids is 1. The highest BCUT2D eigenvalue weighted by Gasteiger charge is 2.37. The van der Waals surface area contributed by atoms with Gasteiger partial charge < -0.3 is 19.9 Å². The van der Waals surface area contributed by atoms with Gasteiger partial charge in [0.2, 0.25) is 0 Å². The molecule has 2 fully saturated rings. The lowest BCUT2D eigenvalue weighted by Gasteiger charge is -2.23. The average Bonchev–Trinajstić information content (AvgIpc) is 3.29. The maximum Gasteiger partial charge on any atom is 0.310 e. The van der Waals surface area contributed by atoms with Gasteiger partial charge >= 0.3 is 5.97 Å². The molecular formula is C20H29BrN4O2. The Labute approximate surface area is 170 Å². The number of esters is 1. The molecule has 3 rings (SSSR count). The van der Waals surface area contributed by atoms with Crippen LogP contribution in [0.25, 0.3) is 0 Å². The first-order valence-electron chi connectivity index (χ1n) is 9.55. The van der Waals surface area contributed by atoms with Crippen molar-refractivity contribution in [3.63, 3.8) is 0 Å². The van der Waals surface area contributed by atoms with E-state index in [9.17, 15) is 4.79 Å². The van der Waals surface area contributed by atoms with E-state index >= 15 is 0 Å². The fourth-order valence-electron chi connectivity index (χ4n) is 4.05. The van der Waals surface area contributed by atoms with Crippen LogP contribution in [0, 0.1) is 17.8 Å². The lowest BCUT2D eigenvalue weighted by atomic mass is 9.99. The van der Waals surface area contributed by atoms with Crippen LogP contribution >= 0.6 is 15.9 Å². The number of carbonyl (C=O) groups is 1. The summed E-state index contributed by atoms with van der Waals surface area (Å²) < 4.78 is 6.04. The molecule has 27 heavy (non-hydrogen) atoms. The first kappa shape index (κ1) is 20.0. The summed E-state index contributed by atoms with van der Waals surface area (Å²) in [7, 11) is 3.27. The number of nitrogens with zero attached hydrogens (tertiary/aromatic N) is 3. The molecule has 7 heteroatoms. The number of halogens is 1. The number of hydrogen-bond acceptors (Lipinski definition) is 4. The van der Waals surface area contributed by atoms with Crippen LogP contribution < -0.4 is 10.2 Å². The Morgan fingerprint density at radius 2 is 2.04 bits per heavy atom. The number of aliphatic imine (C=N–C) groups is 1. The summed E-state index contributed by atoms with van der Waals surface area (Å²) >= 11 is 3.49. The summed E-state index contributed by atoms with van der Waals surface area (Å²) in [5.74, 6) is 1.54. The maximum absolute atomic E-state index is 11.9. The van der Waals surface area contributed by atoms with Crippen molar-refractivity contribution in [2.75, 3.05) is 51.8 Å². The third kappa shape index (κ3) is 4.75. The highest BCUT2D eigenvalue weighted by atomic mass is 79.9. The van der Waals surface area contributed by atoms with Crippen LogP contribution in [-0.2, 0) is 9.53 Å². The number of methoxy groups -OCH3 is 1. The Morgan fingerprint density at radius 3 is 2.70 bits per heavy atom. The Bertz CT molecular complexity index is 679. The predicted octanol–water partition coefficient (Wildman–Crippen LogP) is 2.59. The van der Waals surface area contributed by atoms with E-state index in [-0.39, 0.29) is 17.8 Å². The molecule has 1 aromatic carbocycles. The molecular weight excluding hydrogens is 408 g/mol. The van der Waals surface area contributed by atoms with E-state index in [1.807, 2.05) is 0 Å². The normalized spacial score (nSPS) is 25.8. The molecule has 3 atom stereocenters. The number of benzene rings is 1. The number of hydrogen-bond donors (Lipinski definition) is 1. The van der Waals surface area contributed by atoms with Gasteiger partial charge in [-0.05, 0) is 42.5 Å². The van der Waals surface area contributed by atoms with Gasteiger partial charge in [0.25, 0.3) is 0 Å². The van der Waals surface area contributed by atoms with E-state index in [2.05, 4.69) is 67.2 Å². The fraction of sp³-hybridized carbons (Fsp3) is 0.600. The fourth-order valence-corrected chi connectivity index (χ4v) is 4.32. The smallest absolute Gasteiger partial charge is 0.310 e. The second-order valence-electron chi connectivity index (χ2n) is 7.52. The first-order valence-corrected chi connectivity index (χ1v) is 10.3. The van der Waals surface area contributed by atoms with E-state index in [1.165, 1.54) is 19.2 Å². The summed E-state index contributed by atoms with van der Waals surface area (Å²) in [6, 6.07) is 8.51. The molecule has 0 bridgehead atoms. The van der Waals surface area contributed by atoms with Crippen molar-refractivity contribution < 1.29 is 9.53 Å². The molecule has 0 saturated carbocycles. The third-order valence-corrected chi connectivity index (χ3v) is 6.18. The molecule has 0 amide bonds. The van der Waals surface area contributed by atoms with Crippen LogP contribution in [0.4, 0.5) is 5.69 Å². The molecule has 2 heterocycles. The lowest BCUT2D eigenvalue weighted by Crippen LogP contribution is -2.42. The zero-order valence-corrected chi connectivity index (χ0v) is 17.9. The SMILES string of the molecule is CN=C(NCC1CCN(c2ccc(Br)cc2)C1)N1CC(C)C(C(=O)OC)C1. The number of ether oxygens (including phenoxy) is 1. The molecule has 1 aromatic rings. The number of likely N-dealkylation sites (tertiary alicyclic amines) is 1. The Balaban J connectivity index is 1.50. The molecule has 6 nitrogen and oxygen atoms in total. The minimum atomic E-state index is -0.124. The van der Waals surface area contributed by atoms with E-state index in [0.717, 1.165) is 36.6 Å². The summed E-state index contributed by atoms with van der Waals surface area (Å²) in [5.41, 5.74) is 1.28. The Hall–Kier alpha value is -1.76. The average molecular weight is 437 g/mol. The molecule has 0 spiro atoms. The quantitative estimate of drug-likeness (QED) is 0.446. The van der Waals surface area contributed by atoms with Gasteiger partial charge in [0, 0.05) is 49.9 Å².